The van der Waals surface area contributed by atoms with Crippen molar-refractivity contribution in [1.29, 1.82) is 0 Å². The minimum Gasteiger partial charge on any atom is -0.355 e. The third-order valence-corrected chi connectivity index (χ3v) is 5.45. The molecule has 0 saturated carbocycles. The molecule has 0 amide bonds. The standard InChI is InChI=1S/C21H22N6/c1-2-5-15(6-3-1)11-17-12-25-26-19(17)16-7-4-10-27(13-16)21-18-8-9-22-20(18)23-14-24-21/h1-3,5-6,8-9,12,14,16H,4,7,10-11,13H2,(H,25,26)(H,22,23,24)/t16-/m0/s1. The van der Waals surface area contributed by atoms with Crippen molar-refractivity contribution in [2.75, 3.05) is 18.0 Å². The lowest BCUT2D eigenvalue weighted by Gasteiger charge is -2.33. The molecule has 2 N–H and O–H groups in total. The largest absolute Gasteiger partial charge is 0.355 e. The number of aromatic nitrogens is 5. The van der Waals surface area contributed by atoms with E-state index in [1.165, 1.54) is 23.2 Å². The van der Waals surface area contributed by atoms with Crippen LogP contribution in [0.2, 0.25) is 0 Å². The Hall–Kier alpha value is -3.15. The highest BCUT2D eigenvalue weighted by atomic mass is 15.2. The molecule has 0 unspecified atom stereocenters. The van der Waals surface area contributed by atoms with Gasteiger partial charge >= 0.3 is 0 Å². The number of rotatable bonds is 4. The Balaban J connectivity index is 1.41. The predicted octanol–water partition coefficient (Wildman–Crippen LogP) is 3.66. The minimum atomic E-state index is 0.434. The minimum absolute atomic E-state index is 0.434. The van der Waals surface area contributed by atoms with Crippen molar-refractivity contribution in [3.05, 3.63) is 71.9 Å². The Morgan fingerprint density at radius 3 is 2.96 bits per heavy atom. The number of fused-ring (bicyclic) bond motifs is 1. The molecule has 1 saturated heterocycles. The molecule has 6 heteroatoms. The number of nitrogens with zero attached hydrogens (tertiary/aromatic N) is 4. The normalized spacial score (nSPS) is 17.5. The molecular formula is C21H22N6. The first-order valence-electron chi connectivity index (χ1n) is 9.47. The van der Waals surface area contributed by atoms with Crippen LogP contribution in [0.3, 0.4) is 0 Å². The smallest absolute Gasteiger partial charge is 0.142 e. The Morgan fingerprint density at radius 2 is 2.04 bits per heavy atom. The van der Waals surface area contributed by atoms with Gasteiger partial charge in [0.05, 0.1) is 11.6 Å². The van der Waals surface area contributed by atoms with Crippen molar-refractivity contribution in [2.24, 2.45) is 0 Å². The Morgan fingerprint density at radius 1 is 1.11 bits per heavy atom. The van der Waals surface area contributed by atoms with Crippen molar-refractivity contribution in [3.8, 4) is 0 Å². The number of benzene rings is 1. The molecule has 1 aliphatic rings. The van der Waals surface area contributed by atoms with E-state index in [9.17, 15) is 0 Å². The van der Waals surface area contributed by atoms with Gasteiger partial charge in [0.2, 0.25) is 0 Å². The van der Waals surface area contributed by atoms with Gasteiger partial charge in [-0.2, -0.15) is 5.10 Å². The number of aromatic amines is 2. The fourth-order valence-corrected chi connectivity index (χ4v) is 4.15. The first kappa shape index (κ1) is 16.1. The van der Waals surface area contributed by atoms with Crippen LogP contribution in [0.25, 0.3) is 11.0 Å². The van der Waals surface area contributed by atoms with Gasteiger partial charge in [-0.1, -0.05) is 30.3 Å². The molecule has 4 heterocycles. The first-order valence-corrected chi connectivity index (χ1v) is 9.47. The summed E-state index contributed by atoms with van der Waals surface area (Å²) >= 11 is 0. The van der Waals surface area contributed by atoms with Gasteiger partial charge in [-0.15, -0.1) is 0 Å². The summed E-state index contributed by atoms with van der Waals surface area (Å²) in [5, 5.41) is 8.73. The highest BCUT2D eigenvalue weighted by Crippen LogP contribution is 2.32. The van der Waals surface area contributed by atoms with E-state index in [2.05, 4.69) is 66.4 Å². The molecule has 0 spiro atoms. The SMILES string of the molecule is c1ccc(Cc2cn[nH]c2[C@H]2CCCN(c3ncnc4[nH]ccc34)C2)cc1. The molecule has 1 aliphatic heterocycles. The Kier molecular flexibility index (Phi) is 4.08. The van der Waals surface area contributed by atoms with Gasteiger partial charge in [-0.3, -0.25) is 5.10 Å². The summed E-state index contributed by atoms with van der Waals surface area (Å²) in [6, 6.07) is 12.7. The number of anilines is 1. The maximum absolute atomic E-state index is 4.58. The number of H-pyrrole nitrogens is 2. The van der Waals surface area contributed by atoms with Crippen LogP contribution in [0.5, 0.6) is 0 Å². The summed E-state index contributed by atoms with van der Waals surface area (Å²) in [6.07, 6.45) is 8.78. The number of piperidine rings is 1. The third kappa shape index (κ3) is 3.07. The molecule has 1 atom stereocenters. The fraction of sp³-hybridized carbons (Fsp3) is 0.286. The molecule has 1 fully saturated rings. The van der Waals surface area contributed by atoms with Crippen molar-refractivity contribution < 1.29 is 0 Å². The summed E-state index contributed by atoms with van der Waals surface area (Å²) in [4.78, 5) is 14.5. The molecule has 27 heavy (non-hydrogen) atoms. The molecule has 0 aliphatic carbocycles. The van der Waals surface area contributed by atoms with E-state index in [1.807, 2.05) is 12.4 Å². The van der Waals surface area contributed by atoms with Crippen LogP contribution in [0.1, 0.15) is 35.6 Å². The highest BCUT2D eigenvalue weighted by Gasteiger charge is 2.26. The van der Waals surface area contributed by atoms with Crippen molar-refractivity contribution in [3.63, 3.8) is 0 Å². The van der Waals surface area contributed by atoms with Gasteiger partial charge in [0, 0.05) is 37.3 Å². The molecular weight excluding hydrogens is 336 g/mol. The van der Waals surface area contributed by atoms with Crippen molar-refractivity contribution in [2.45, 2.75) is 25.2 Å². The van der Waals surface area contributed by atoms with Crippen molar-refractivity contribution >= 4 is 16.9 Å². The average Bonchev–Trinajstić information content (AvgIpc) is 3.38. The molecule has 6 nitrogen and oxygen atoms in total. The van der Waals surface area contributed by atoms with Crippen molar-refractivity contribution in [1.82, 2.24) is 25.1 Å². The molecule has 0 bridgehead atoms. The Labute approximate surface area is 157 Å². The number of hydrogen-bond acceptors (Lipinski definition) is 4. The van der Waals surface area contributed by atoms with Gasteiger partial charge < -0.3 is 9.88 Å². The van der Waals surface area contributed by atoms with Gasteiger partial charge in [-0.05, 0) is 30.0 Å². The van der Waals surface area contributed by atoms with Crippen LogP contribution in [0, 0.1) is 0 Å². The second-order valence-electron chi connectivity index (χ2n) is 7.19. The van der Waals surface area contributed by atoms with Crippen LogP contribution < -0.4 is 4.90 Å². The summed E-state index contributed by atoms with van der Waals surface area (Å²) in [5.74, 6) is 1.46. The van der Waals surface area contributed by atoms with Gasteiger partial charge in [-0.25, -0.2) is 9.97 Å². The molecule has 1 aromatic carbocycles. The zero-order valence-corrected chi connectivity index (χ0v) is 15.1. The van der Waals surface area contributed by atoms with Gasteiger partial charge in [0.1, 0.15) is 17.8 Å². The van der Waals surface area contributed by atoms with E-state index in [0.717, 1.165) is 42.8 Å². The Bertz CT molecular complexity index is 1030. The second kappa shape index (κ2) is 6.87. The van der Waals surface area contributed by atoms with Crippen LogP contribution in [-0.2, 0) is 6.42 Å². The quantitative estimate of drug-likeness (QED) is 0.584. The zero-order chi connectivity index (χ0) is 18.1. The third-order valence-electron chi connectivity index (χ3n) is 5.45. The molecule has 136 valence electrons. The first-order chi connectivity index (χ1) is 13.4. The lowest BCUT2D eigenvalue weighted by atomic mass is 9.90. The van der Waals surface area contributed by atoms with E-state index in [-0.39, 0.29) is 0 Å². The zero-order valence-electron chi connectivity index (χ0n) is 15.1. The highest BCUT2D eigenvalue weighted by molar-refractivity contribution is 5.87. The van der Waals surface area contributed by atoms with E-state index < -0.39 is 0 Å². The van der Waals surface area contributed by atoms with E-state index >= 15 is 0 Å². The monoisotopic (exact) mass is 358 g/mol. The van der Waals surface area contributed by atoms with Gasteiger partial charge in [0.25, 0.3) is 0 Å². The van der Waals surface area contributed by atoms with Crippen LogP contribution >= 0.6 is 0 Å². The van der Waals surface area contributed by atoms with E-state index in [0.29, 0.717) is 5.92 Å². The number of hydrogen-bond donors (Lipinski definition) is 2. The van der Waals surface area contributed by atoms with Gasteiger partial charge in [0.15, 0.2) is 0 Å². The summed E-state index contributed by atoms with van der Waals surface area (Å²) in [5.41, 5.74) is 4.77. The predicted molar refractivity (Wildman–Crippen MR) is 106 cm³/mol. The number of nitrogens with one attached hydrogen (secondary N) is 2. The lowest BCUT2D eigenvalue weighted by molar-refractivity contribution is 0.496. The second-order valence-corrected chi connectivity index (χ2v) is 7.19. The molecule has 0 radical (unpaired) electrons. The van der Waals surface area contributed by atoms with Crippen LogP contribution in [-0.4, -0.2) is 38.2 Å². The van der Waals surface area contributed by atoms with E-state index in [4.69, 9.17) is 0 Å². The van der Waals surface area contributed by atoms with Crippen LogP contribution in [0.15, 0.2) is 55.1 Å². The summed E-state index contributed by atoms with van der Waals surface area (Å²) in [6.45, 7) is 1.97. The summed E-state index contributed by atoms with van der Waals surface area (Å²) in [7, 11) is 0. The van der Waals surface area contributed by atoms with E-state index in [1.54, 1.807) is 6.33 Å². The maximum Gasteiger partial charge on any atom is 0.142 e. The summed E-state index contributed by atoms with van der Waals surface area (Å²) < 4.78 is 0. The maximum atomic E-state index is 4.58. The molecule has 5 rings (SSSR count). The lowest BCUT2D eigenvalue weighted by Crippen LogP contribution is -2.35. The average molecular weight is 358 g/mol. The fourth-order valence-electron chi connectivity index (χ4n) is 4.15. The topological polar surface area (TPSA) is 73.5 Å². The van der Waals surface area contributed by atoms with Crippen LogP contribution in [0.4, 0.5) is 5.82 Å². The molecule has 4 aromatic rings. The molecule has 3 aromatic heterocycles.